The van der Waals surface area contributed by atoms with E-state index in [0.29, 0.717) is 48.2 Å². The molecule has 9 fully saturated rings. The normalized spacial score (nSPS) is 43.6. The number of aliphatic hydroxyl groups is 1. The Morgan fingerprint density at radius 1 is 0.736 bits per heavy atom. The van der Waals surface area contributed by atoms with E-state index in [2.05, 4.69) is 10.6 Å². The summed E-state index contributed by atoms with van der Waals surface area (Å²) in [6, 6.07) is 15.0. The van der Waals surface area contributed by atoms with Crippen LogP contribution in [-0.2, 0) is 39.5 Å². The number of rotatable bonds is 5. The lowest BCUT2D eigenvalue weighted by molar-refractivity contribution is -0.174. The molecule has 53 heavy (non-hydrogen) atoms. The Morgan fingerprint density at radius 2 is 1.21 bits per heavy atom. The number of carbonyl (C=O) groups excluding carboxylic acids is 5. The highest BCUT2D eigenvalue weighted by Crippen LogP contribution is 2.79. The van der Waals surface area contributed by atoms with E-state index in [4.69, 9.17) is 4.74 Å². The molecule has 276 valence electrons. The zero-order valence-electron chi connectivity index (χ0n) is 29.2. The van der Waals surface area contributed by atoms with Crippen molar-refractivity contribution in [1.82, 2.24) is 19.6 Å². The standard InChI is InChI=1S/C36H36N6O7S4/c1-5-31-27(45)41-25-33(18-11-7-9-13-20(18)37-25,23(44)35(41,52-50-31)29(47)39(31)3)34-19-12-8-10-14-21(19)38-26(34)42-28(46)32(6-2)40(4)30(48)36(42,53-51-32)24(34)49-22(43)17-15-16-17/h7-14,17,23-26,37-38,44H,5-6,15-16H2,1-4H3/t23-,24-,25+,26+,31-,32-,33+,34+,35-,36-/m0/s1. The van der Waals surface area contributed by atoms with E-state index in [9.17, 15) is 14.7 Å². The highest BCUT2D eigenvalue weighted by atomic mass is 33.1. The van der Waals surface area contributed by atoms with Crippen molar-refractivity contribution < 1.29 is 33.8 Å². The summed E-state index contributed by atoms with van der Waals surface area (Å²) in [4.78, 5) is 75.2. The first kappa shape index (κ1) is 33.1. The van der Waals surface area contributed by atoms with Crippen LogP contribution in [0.3, 0.4) is 0 Å². The van der Waals surface area contributed by atoms with Crippen LogP contribution in [0, 0.1) is 5.92 Å². The number of para-hydroxylation sites is 2. The van der Waals surface area contributed by atoms with Gasteiger partial charge in [-0.05, 0) is 70.5 Å². The molecule has 2 spiro atoms. The van der Waals surface area contributed by atoms with E-state index in [0.717, 1.165) is 0 Å². The van der Waals surface area contributed by atoms with E-state index < -0.39 is 66.7 Å². The number of esters is 1. The van der Waals surface area contributed by atoms with E-state index in [1.807, 2.05) is 62.4 Å². The number of aliphatic hydroxyl groups excluding tert-OH is 1. The maximum Gasteiger partial charge on any atom is 0.309 e. The fourth-order valence-electron chi connectivity index (χ4n) is 11.2. The Kier molecular flexibility index (Phi) is 6.21. The lowest BCUT2D eigenvalue weighted by Crippen LogP contribution is -2.78. The lowest BCUT2D eigenvalue weighted by atomic mass is 9.52. The zero-order chi connectivity index (χ0) is 36.8. The molecule has 17 heteroatoms. The topological polar surface area (TPSA) is 152 Å². The number of benzene rings is 2. The minimum absolute atomic E-state index is 0.302. The number of likely N-dealkylation sites (N-methyl/N-ethyl adjacent to an activating group) is 2. The fourth-order valence-corrected chi connectivity index (χ4v) is 19.1. The molecule has 1 aliphatic carbocycles. The Balaban J connectivity index is 1.29. The van der Waals surface area contributed by atoms with Gasteiger partial charge in [0, 0.05) is 25.5 Å². The molecular formula is C36H36N6O7S4. The van der Waals surface area contributed by atoms with Gasteiger partial charge in [0.1, 0.15) is 18.4 Å². The van der Waals surface area contributed by atoms with Crippen molar-refractivity contribution >= 4 is 84.1 Å². The molecule has 0 radical (unpaired) electrons. The van der Waals surface area contributed by atoms with Crippen molar-refractivity contribution in [2.45, 2.75) is 94.4 Å². The van der Waals surface area contributed by atoms with Crippen LogP contribution < -0.4 is 10.6 Å². The molecule has 13 nitrogen and oxygen atoms in total. The first-order valence-corrected chi connectivity index (χ1v) is 22.3. The molecular weight excluding hydrogens is 757 g/mol. The molecule has 0 unspecified atom stereocenters. The molecule has 3 N–H and O–H groups in total. The summed E-state index contributed by atoms with van der Waals surface area (Å²) < 4.78 is 6.85. The van der Waals surface area contributed by atoms with Crippen LogP contribution in [0.5, 0.6) is 0 Å². The van der Waals surface area contributed by atoms with Crippen LogP contribution in [-0.4, -0.2) is 112 Å². The largest absolute Gasteiger partial charge is 0.457 e. The van der Waals surface area contributed by atoms with Gasteiger partial charge >= 0.3 is 5.97 Å². The average Bonchev–Trinajstić information content (AvgIpc) is 3.78. The first-order chi connectivity index (χ1) is 25.4. The van der Waals surface area contributed by atoms with E-state index in [-0.39, 0.29) is 23.6 Å². The number of fused-ring (bicyclic) bond motifs is 11. The summed E-state index contributed by atoms with van der Waals surface area (Å²) in [6.07, 6.45) is -3.12. The maximum absolute atomic E-state index is 15.3. The summed E-state index contributed by atoms with van der Waals surface area (Å²) >= 11 is 0. The van der Waals surface area contributed by atoms with Crippen LogP contribution in [0.15, 0.2) is 48.5 Å². The molecule has 10 heterocycles. The van der Waals surface area contributed by atoms with Crippen molar-refractivity contribution in [3.63, 3.8) is 0 Å². The molecule has 1 saturated carbocycles. The second kappa shape index (κ2) is 9.94. The predicted octanol–water partition coefficient (Wildman–Crippen LogP) is 3.07. The number of ether oxygens (including phenoxy) is 1. The van der Waals surface area contributed by atoms with E-state index in [1.54, 1.807) is 23.9 Å². The lowest BCUT2D eigenvalue weighted by Gasteiger charge is -2.59. The van der Waals surface area contributed by atoms with Crippen molar-refractivity contribution in [3.05, 3.63) is 59.7 Å². The van der Waals surface area contributed by atoms with Gasteiger partial charge in [0.15, 0.2) is 15.8 Å². The minimum atomic E-state index is -1.79. The summed E-state index contributed by atoms with van der Waals surface area (Å²) in [7, 11) is 8.30. The molecule has 2 aromatic rings. The second-order valence-corrected chi connectivity index (χ2v) is 20.8. The van der Waals surface area contributed by atoms with Gasteiger partial charge in [0.05, 0.1) is 16.7 Å². The summed E-state index contributed by atoms with van der Waals surface area (Å²) in [5, 5.41) is 21.0. The molecule has 10 atom stereocenters. The van der Waals surface area contributed by atoms with Crippen molar-refractivity contribution in [3.8, 4) is 0 Å². The SMILES string of the molecule is CC[C@@]12SS[C@]3(C(=O)N1C)[C@@H](O)[C@]1([C@@]45c6ccccc6N[C@@H]4N4C(=O)[C@]6(CC)SS[C@]4(C(=O)N6C)[C@H]5OC(=O)C4CC4)c4ccccc4N[C@@H]1N3C2=O. The highest BCUT2D eigenvalue weighted by Gasteiger charge is 2.94. The number of nitrogens with zero attached hydrogens (tertiary/aromatic N) is 4. The number of nitrogens with one attached hydrogen (secondary N) is 2. The quantitative estimate of drug-likeness (QED) is 0.301. The minimum Gasteiger partial charge on any atom is -0.457 e. The van der Waals surface area contributed by atoms with Crippen molar-refractivity contribution in [2.24, 2.45) is 5.92 Å². The van der Waals surface area contributed by atoms with Crippen LogP contribution in [0.4, 0.5) is 11.4 Å². The fraction of sp³-hybridized carbons (Fsp3) is 0.528. The number of amides is 4. The molecule has 0 aromatic heterocycles. The smallest absolute Gasteiger partial charge is 0.309 e. The number of hydrogen-bond acceptors (Lipinski definition) is 13. The second-order valence-electron chi connectivity index (χ2n) is 15.5. The number of carbonyl (C=O) groups is 5. The van der Waals surface area contributed by atoms with Gasteiger partial charge in [-0.25, -0.2) is 0 Å². The average molecular weight is 793 g/mol. The van der Waals surface area contributed by atoms with Gasteiger partial charge < -0.3 is 30.3 Å². The summed E-state index contributed by atoms with van der Waals surface area (Å²) in [5.41, 5.74) is -0.750. The number of anilines is 2. The first-order valence-electron chi connectivity index (χ1n) is 18.0. The third-order valence-corrected chi connectivity index (χ3v) is 21.4. The van der Waals surface area contributed by atoms with Gasteiger partial charge in [-0.15, -0.1) is 0 Å². The summed E-state index contributed by atoms with van der Waals surface area (Å²) in [5.74, 6) is -2.23. The van der Waals surface area contributed by atoms with E-state index in [1.165, 1.54) is 53.0 Å². The molecule has 11 aliphatic rings. The van der Waals surface area contributed by atoms with Crippen LogP contribution in [0.2, 0.25) is 0 Å². The van der Waals surface area contributed by atoms with Gasteiger partial charge in [-0.1, -0.05) is 71.8 Å². The number of piperazine rings is 2. The van der Waals surface area contributed by atoms with Gasteiger partial charge in [-0.2, -0.15) is 0 Å². The Labute approximate surface area is 320 Å². The van der Waals surface area contributed by atoms with Crippen molar-refractivity contribution in [1.29, 1.82) is 0 Å². The Hall–Kier alpha value is -3.25. The van der Waals surface area contributed by atoms with Crippen molar-refractivity contribution in [2.75, 3.05) is 24.7 Å². The zero-order valence-corrected chi connectivity index (χ0v) is 32.4. The van der Waals surface area contributed by atoms with Gasteiger partial charge in [0.2, 0.25) is 9.74 Å². The maximum atomic E-state index is 15.3. The summed E-state index contributed by atoms with van der Waals surface area (Å²) in [6.45, 7) is 3.75. The van der Waals surface area contributed by atoms with Gasteiger partial charge in [-0.3, -0.25) is 33.8 Å². The third-order valence-electron chi connectivity index (χ3n) is 13.8. The Morgan fingerprint density at radius 3 is 1.75 bits per heavy atom. The van der Waals surface area contributed by atoms with Crippen LogP contribution in [0.25, 0.3) is 0 Å². The Bertz CT molecular complexity index is 2140. The predicted molar refractivity (Wildman–Crippen MR) is 201 cm³/mol. The molecule has 13 rings (SSSR count). The van der Waals surface area contributed by atoms with Gasteiger partial charge in [0.25, 0.3) is 23.6 Å². The molecule has 2 aromatic carbocycles. The molecule has 8 saturated heterocycles. The van der Waals surface area contributed by atoms with Crippen LogP contribution >= 0.6 is 43.2 Å². The number of hydrogen-bond donors (Lipinski definition) is 3. The molecule has 10 aliphatic heterocycles. The van der Waals surface area contributed by atoms with Crippen LogP contribution in [0.1, 0.15) is 50.7 Å². The third kappa shape index (κ3) is 3.06. The monoisotopic (exact) mass is 792 g/mol. The van der Waals surface area contributed by atoms with E-state index >= 15 is 14.4 Å². The molecule has 4 bridgehead atoms. The molecule has 4 amide bonds. The highest BCUT2D eigenvalue weighted by molar-refractivity contribution is 8.78.